The van der Waals surface area contributed by atoms with Crippen LogP contribution in [0.15, 0.2) is 18.2 Å². The highest BCUT2D eigenvalue weighted by Crippen LogP contribution is 2.35. The molecular weight excluding hydrogens is 478 g/mol. The number of carbonyl (C=O) groups is 4. The van der Waals surface area contributed by atoms with E-state index in [1.807, 2.05) is 41.5 Å². The molecule has 0 aliphatic carbocycles. The minimum Gasteiger partial charge on any atom is -0.480 e. The number of hydrogen-bond acceptors (Lipinski definition) is 8. The largest absolute Gasteiger partial charge is 0.480 e. The number of esters is 3. The van der Waals surface area contributed by atoms with Crippen molar-refractivity contribution in [1.29, 1.82) is 0 Å². The van der Waals surface area contributed by atoms with Crippen LogP contribution in [0.1, 0.15) is 92.1 Å². The third-order valence-electron chi connectivity index (χ3n) is 5.56. The lowest BCUT2D eigenvalue weighted by Gasteiger charge is -2.25. The number of hydrogen-bond donors (Lipinski definition) is 2. The van der Waals surface area contributed by atoms with E-state index in [0.29, 0.717) is 17.9 Å². The zero-order valence-corrected chi connectivity index (χ0v) is 23.1. The lowest BCUT2D eigenvalue weighted by atomic mass is 9.87. The highest BCUT2D eigenvalue weighted by atomic mass is 16.6. The molecule has 1 aromatic rings. The molecule has 0 bridgehead atoms. The van der Waals surface area contributed by atoms with Gasteiger partial charge < -0.3 is 25.1 Å². The van der Waals surface area contributed by atoms with Crippen LogP contribution in [0.3, 0.4) is 0 Å². The molecule has 0 saturated heterocycles. The number of carboxylic acids is 1. The van der Waals surface area contributed by atoms with Gasteiger partial charge in [0.15, 0.2) is 11.5 Å². The standard InChI is InChI=1S/C28H43NO8/c1-16(2)8-11-24(30)35-19(7)14-21(27(29)28(33)34)20-9-10-22(36-25(31)12-17(3)4)23(15-20)37-26(32)13-18(5)6/h9-10,15-19,21,27H,8,11-14,29H2,1-7H3,(H,33,34)/t19?,21?,27-/m0/s1. The van der Waals surface area contributed by atoms with Crippen LogP contribution in [0, 0.1) is 17.8 Å². The molecular formula is C28H43NO8. The van der Waals surface area contributed by atoms with Gasteiger partial charge in [-0.25, -0.2) is 0 Å². The van der Waals surface area contributed by atoms with Crippen LogP contribution in [0.25, 0.3) is 0 Å². The smallest absolute Gasteiger partial charge is 0.321 e. The fraction of sp³-hybridized carbons (Fsp3) is 0.643. The zero-order valence-electron chi connectivity index (χ0n) is 23.1. The van der Waals surface area contributed by atoms with E-state index in [4.69, 9.17) is 19.9 Å². The molecule has 9 nitrogen and oxygen atoms in total. The molecule has 0 aliphatic heterocycles. The Bertz CT molecular complexity index is 925. The van der Waals surface area contributed by atoms with Crippen LogP contribution >= 0.6 is 0 Å². The molecule has 1 rings (SSSR count). The van der Waals surface area contributed by atoms with Gasteiger partial charge in [-0.05, 0) is 55.2 Å². The quantitative estimate of drug-likeness (QED) is 0.245. The summed E-state index contributed by atoms with van der Waals surface area (Å²) in [6, 6.07) is 3.20. The lowest BCUT2D eigenvalue weighted by molar-refractivity contribution is -0.149. The Morgan fingerprint density at radius 1 is 0.811 bits per heavy atom. The van der Waals surface area contributed by atoms with Crippen molar-refractivity contribution >= 4 is 23.9 Å². The molecule has 0 heterocycles. The van der Waals surface area contributed by atoms with Gasteiger partial charge in [0, 0.05) is 25.2 Å². The van der Waals surface area contributed by atoms with E-state index in [1.54, 1.807) is 13.0 Å². The number of carbonyl (C=O) groups excluding carboxylic acids is 3. The molecule has 208 valence electrons. The summed E-state index contributed by atoms with van der Waals surface area (Å²) in [5.41, 5.74) is 6.48. The van der Waals surface area contributed by atoms with E-state index >= 15 is 0 Å². The summed E-state index contributed by atoms with van der Waals surface area (Å²) in [5, 5.41) is 9.64. The van der Waals surface area contributed by atoms with Crippen LogP contribution in [0.4, 0.5) is 0 Å². The molecule has 0 radical (unpaired) electrons. The van der Waals surface area contributed by atoms with Gasteiger partial charge in [0.25, 0.3) is 0 Å². The van der Waals surface area contributed by atoms with Gasteiger partial charge in [0.05, 0.1) is 6.10 Å². The minimum atomic E-state index is -1.31. The first-order valence-electron chi connectivity index (χ1n) is 12.9. The first kappa shape index (κ1) is 32.1. The number of aliphatic carboxylic acids is 1. The second-order valence-corrected chi connectivity index (χ2v) is 10.8. The lowest BCUT2D eigenvalue weighted by Crippen LogP contribution is -2.38. The monoisotopic (exact) mass is 521 g/mol. The molecule has 0 spiro atoms. The number of rotatable bonds is 15. The molecule has 0 aliphatic rings. The zero-order chi connectivity index (χ0) is 28.3. The first-order valence-corrected chi connectivity index (χ1v) is 12.9. The van der Waals surface area contributed by atoms with Crippen LogP contribution in [0.5, 0.6) is 11.5 Å². The highest BCUT2D eigenvalue weighted by Gasteiger charge is 2.30. The third-order valence-corrected chi connectivity index (χ3v) is 5.56. The van der Waals surface area contributed by atoms with Gasteiger partial charge >= 0.3 is 23.9 Å². The number of carboxylic acid groups (broad SMARTS) is 1. The van der Waals surface area contributed by atoms with Gasteiger partial charge in [-0.15, -0.1) is 0 Å². The summed E-state index contributed by atoms with van der Waals surface area (Å²) in [6.45, 7) is 13.2. The molecule has 0 aromatic heterocycles. The molecule has 37 heavy (non-hydrogen) atoms. The molecule has 9 heteroatoms. The van der Waals surface area contributed by atoms with Crippen molar-refractivity contribution in [2.24, 2.45) is 23.5 Å². The van der Waals surface area contributed by atoms with Gasteiger partial charge in [-0.2, -0.15) is 0 Å². The molecule has 1 aromatic carbocycles. The van der Waals surface area contributed by atoms with Crippen LogP contribution in [-0.4, -0.2) is 41.1 Å². The Morgan fingerprint density at radius 3 is 1.84 bits per heavy atom. The maximum Gasteiger partial charge on any atom is 0.321 e. The maximum absolute atomic E-state index is 12.4. The van der Waals surface area contributed by atoms with Crippen molar-refractivity contribution in [3.8, 4) is 11.5 Å². The molecule has 0 amide bonds. The normalized spacial score (nSPS) is 13.8. The summed E-state index contributed by atoms with van der Waals surface area (Å²) in [4.78, 5) is 48.7. The Balaban J connectivity index is 3.28. The van der Waals surface area contributed by atoms with Crippen molar-refractivity contribution in [3.63, 3.8) is 0 Å². The Labute approximate surface area is 220 Å². The summed E-state index contributed by atoms with van der Waals surface area (Å²) in [7, 11) is 0. The predicted octanol–water partition coefficient (Wildman–Crippen LogP) is 4.84. The van der Waals surface area contributed by atoms with Crippen molar-refractivity contribution in [2.75, 3.05) is 0 Å². The third kappa shape index (κ3) is 12.2. The second-order valence-electron chi connectivity index (χ2n) is 10.8. The van der Waals surface area contributed by atoms with E-state index in [9.17, 15) is 24.3 Å². The highest BCUT2D eigenvalue weighted by molar-refractivity contribution is 5.77. The minimum absolute atomic E-state index is 0.00410. The second kappa shape index (κ2) is 15.3. The molecule has 0 fully saturated rings. The Morgan fingerprint density at radius 2 is 1.35 bits per heavy atom. The van der Waals surface area contributed by atoms with Crippen LogP contribution in [-0.2, 0) is 23.9 Å². The van der Waals surface area contributed by atoms with Crippen molar-refractivity contribution in [1.82, 2.24) is 0 Å². The summed E-state index contributed by atoms with van der Waals surface area (Å²) < 4.78 is 16.5. The SMILES string of the molecule is CC(C)CCC(=O)OC(C)CC(c1ccc(OC(=O)CC(C)C)c(OC(=O)CC(C)C)c1)[C@H](N)C(=O)O. The number of ether oxygens (including phenoxy) is 3. The predicted molar refractivity (Wildman–Crippen MR) is 139 cm³/mol. The van der Waals surface area contributed by atoms with Gasteiger partial charge in [-0.3, -0.25) is 19.2 Å². The van der Waals surface area contributed by atoms with Crippen molar-refractivity contribution in [3.05, 3.63) is 23.8 Å². The fourth-order valence-electron chi connectivity index (χ4n) is 3.67. The summed E-state index contributed by atoms with van der Waals surface area (Å²) >= 11 is 0. The van der Waals surface area contributed by atoms with Crippen molar-refractivity contribution < 1.29 is 38.5 Å². The maximum atomic E-state index is 12.4. The summed E-state index contributed by atoms with van der Waals surface area (Å²) in [5.74, 6) is -2.83. The van der Waals surface area contributed by atoms with E-state index in [0.717, 1.165) is 0 Å². The van der Waals surface area contributed by atoms with E-state index in [1.165, 1.54) is 12.1 Å². The van der Waals surface area contributed by atoms with Gasteiger partial charge in [-0.1, -0.05) is 47.6 Å². The molecule has 2 unspecified atom stereocenters. The summed E-state index contributed by atoms with van der Waals surface area (Å²) in [6.07, 6.45) is 0.798. The molecule has 0 saturated carbocycles. The van der Waals surface area contributed by atoms with E-state index in [-0.39, 0.29) is 55.0 Å². The Hall–Kier alpha value is -2.94. The number of nitrogens with two attached hydrogens (primary N) is 1. The Kier molecular flexibility index (Phi) is 13.3. The molecule has 3 N–H and O–H groups in total. The first-order chi connectivity index (χ1) is 17.2. The van der Waals surface area contributed by atoms with Crippen molar-refractivity contribution in [2.45, 2.75) is 98.6 Å². The van der Waals surface area contributed by atoms with Gasteiger partial charge in [0.1, 0.15) is 6.04 Å². The van der Waals surface area contributed by atoms with Gasteiger partial charge in [0.2, 0.25) is 0 Å². The van der Waals surface area contributed by atoms with E-state index in [2.05, 4.69) is 0 Å². The average molecular weight is 522 g/mol. The van der Waals surface area contributed by atoms with Crippen LogP contribution in [0.2, 0.25) is 0 Å². The van der Waals surface area contributed by atoms with E-state index < -0.39 is 36.0 Å². The molecule has 3 atom stereocenters. The fourth-order valence-corrected chi connectivity index (χ4v) is 3.67. The number of benzene rings is 1. The van der Waals surface area contributed by atoms with Crippen LogP contribution < -0.4 is 15.2 Å². The topological polar surface area (TPSA) is 142 Å². The average Bonchev–Trinajstić information content (AvgIpc) is 2.75.